The molecule has 2 saturated heterocycles. The number of piperidine rings is 2. The first-order chi connectivity index (χ1) is 14.4. The highest BCUT2D eigenvalue weighted by molar-refractivity contribution is 5.95. The Morgan fingerprint density at radius 2 is 1.83 bits per heavy atom. The molecule has 0 bridgehead atoms. The second-order valence-electron chi connectivity index (χ2n) is 9.14. The molecule has 166 valence electrons. The number of nitrogens with one attached hydrogen (secondary N) is 1. The molecule has 0 spiro atoms. The minimum atomic E-state index is -0.178. The van der Waals surface area contributed by atoms with Crippen molar-refractivity contribution in [1.82, 2.24) is 9.80 Å². The van der Waals surface area contributed by atoms with Gasteiger partial charge >= 0.3 is 0 Å². The third-order valence-electron chi connectivity index (χ3n) is 6.53. The van der Waals surface area contributed by atoms with Crippen molar-refractivity contribution in [1.29, 1.82) is 0 Å². The summed E-state index contributed by atoms with van der Waals surface area (Å²) >= 11 is 0. The molecule has 0 unspecified atom stereocenters. The van der Waals surface area contributed by atoms with Crippen molar-refractivity contribution in [2.45, 2.75) is 52.5 Å². The number of rotatable bonds is 6. The van der Waals surface area contributed by atoms with E-state index in [4.69, 9.17) is 4.74 Å². The highest BCUT2D eigenvalue weighted by Crippen LogP contribution is 2.27. The van der Waals surface area contributed by atoms with E-state index in [9.17, 15) is 9.59 Å². The number of amides is 2. The van der Waals surface area contributed by atoms with E-state index in [2.05, 4.69) is 29.0 Å². The summed E-state index contributed by atoms with van der Waals surface area (Å²) in [5.41, 5.74) is 0.746. The number of anilines is 1. The van der Waals surface area contributed by atoms with Gasteiger partial charge in [-0.05, 0) is 62.7 Å². The normalized spacial score (nSPS) is 24.3. The van der Waals surface area contributed by atoms with E-state index in [0.717, 1.165) is 56.9 Å². The molecular formula is C24H37N3O3. The van der Waals surface area contributed by atoms with Gasteiger partial charge in [-0.3, -0.25) is 14.5 Å². The first-order valence-electron chi connectivity index (χ1n) is 11.4. The fraction of sp³-hybridized carbons (Fsp3) is 0.667. The van der Waals surface area contributed by atoms with Crippen LogP contribution in [-0.2, 0) is 9.59 Å². The Balaban J connectivity index is 1.54. The van der Waals surface area contributed by atoms with E-state index < -0.39 is 0 Å². The lowest BCUT2D eigenvalue weighted by molar-refractivity contribution is -0.140. The van der Waals surface area contributed by atoms with Gasteiger partial charge in [0.2, 0.25) is 11.8 Å². The quantitative estimate of drug-likeness (QED) is 0.771. The van der Waals surface area contributed by atoms with Crippen LogP contribution in [0.2, 0.25) is 0 Å². The minimum absolute atomic E-state index is 0.00853. The van der Waals surface area contributed by atoms with Crippen LogP contribution in [0.1, 0.15) is 46.5 Å². The van der Waals surface area contributed by atoms with Gasteiger partial charge in [-0.1, -0.05) is 26.8 Å². The summed E-state index contributed by atoms with van der Waals surface area (Å²) in [5.74, 6) is 2.32. The van der Waals surface area contributed by atoms with Crippen molar-refractivity contribution >= 4 is 17.5 Å². The summed E-state index contributed by atoms with van der Waals surface area (Å²) < 4.78 is 5.24. The summed E-state index contributed by atoms with van der Waals surface area (Å²) in [6.45, 7) is 9.90. The van der Waals surface area contributed by atoms with Crippen LogP contribution in [-0.4, -0.2) is 60.9 Å². The number of nitrogens with zero attached hydrogens (tertiary/aromatic N) is 2. The Labute approximate surface area is 180 Å². The number of carbonyl (C=O) groups excluding carboxylic acids is 2. The van der Waals surface area contributed by atoms with Crippen LogP contribution in [0.3, 0.4) is 0 Å². The predicted octanol–water partition coefficient (Wildman–Crippen LogP) is 3.63. The Morgan fingerprint density at radius 1 is 1.17 bits per heavy atom. The van der Waals surface area contributed by atoms with E-state index in [-0.39, 0.29) is 17.9 Å². The number of benzene rings is 1. The molecule has 0 saturated carbocycles. The molecule has 1 N–H and O–H groups in total. The van der Waals surface area contributed by atoms with Gasteiger partial charge in [0.1, 0.15) is 5.75 Å². The highest BCUT2D eigenvalue weighted by atomic mass is 16.5. The van der Waals surface area contributed by atoms with Crippen LogP contribution in [0.25, 0.3) is 0 Å². The van der Waals surface area contributed by atoms with E-state index in [0.29, 0.717) is 17.7 Å². The standard InChI is InChI=1S/C24H37N3O3/c1-5-22(23(28)25-20-7-6-8-21(14-20)30-4)26-11-9-19(10-12-26)24(29)27-15-17(2)13-18(3)16-27/h6-8,14,17-19,22H,5,9-13,15-16H2,1-4H3,(H,25,28)/t17-,18+,22-/m1/s1. The molecule has 2 aliphatic rings. The van der Waals surface area contributed by atoms with Gasteiger partial charge < -0.3 is 15.0 Å². The molecule has 0 radical (unpaired) electrons. The fourth-order valence-corrected chi connectivity index (χ4v) is 5.09. The molecule has 1 aromatic rings. The largest absolute Gasteiger partial charge is 0.497 e. The third-order valence-corrected chi connectivity index (χ3v) is 6.53. The van der Waals surface area contributed by atoms with Gasteiger partial charge in [0.25, 0.3) is 0 Å². The zero-order valence-corrected chi connectivity index (χ0v) is 18.9. The summed E-state index contributed by atoms with van der Waals surface area (Å²) in [4.78, 5) is 30.3. The molecule has 6 heteroatoms. The zero-order chi connectivity index (χ0) is 21.7. The van der Waals surface area contributed by atoms with Gasteiger partial charge in [-0.25, -0.2) is 0 Å². The number of carbonyl (C=O) groups is 2. The van der Waals surface area contributed by atoms with Crippen molar-refractivity contribution < 1.29 is 14.3 Å². The fourth-order valence-electron chi connectivity index (χ4n) is 5.09. The number of hydrogen-bond acceptors (Lipinski definition) is 4. The van der Waals surface area contributed by atoms with Crippen LogP contribution in [0.15, 0.2) is 24.3 Å². The molecule has 30 heavy (non-hydrogen) atoms. The maximum absolute atomic E-state index is 13.0. The topological polar surface area (TPSA) is 61.9 Å². The first kappa shape index (κ1) is 22.6. The van der Waals surface area contributed by atoms with Crippen molar-refractivity contribution in [2.75, 3.05) is 38.6 Å². The summed E-state index contributed by atoms with van der Waals surface area (Å²) in [6.07, 6.45) is 3.63. The molecule has 2 fully saturated rings. The van der Waals surface area contributed by atoms with E-state index >= 15 is 0 Å². The average molecular weight is 416 g/mol. The molecule has 3 atom stereocenters. The molecule has 1 aromatic carbocycles. The van der Waals surface area contributed by atoms with Crippen LogP contribution in [0.5, 0.6) is 5.75 Å². The van der Waals surface area contributed by atoms with Gasteiger partial charge in [-0.15, -0.1) is 0 Å². The molecule has 3 rings (SSSR count). The number of methoxy groups -OCH3 is 1. The van der Waals surface area contributed by atoms with Crippen molar-refractivity contribution in [3.05, 3.63) is 24.3 Å². The Bertz CT molecular complexity index is 720. The van der Waals surface area contributed by atoms with E-state index in [1.54, 1.807) is 7.11 Å². The maximum Gasteiger partial charge on any atom is 0.241 e. The third kappa shape index (κ3) is 5.54. The van der Waals surface area contributed by atoms with Gasteiger partial charge in [0.15, 0.2) is 0 Å². The Morgan fingerprint density at radius 3 is 2.43 bits per heavy atom. The lowest BCUT2D eigenvalue weighted by atomic mass is 9.88. The smallest absolute Gasteiger partial charge is 0.241 e. The minimum Gasteiger partial charge on any atom is -0.497 e. The SMILES string of the molecule is CC[C@H](C(=O)Nc1cccc(OC)c1)N1CCC(C(=O)N2C[C@H](C)C[C@H](C)C2)CC1. The lowest BCUT2D eigenvalue weighted by Crippen LogP contribution is -2.51. The summed E-state index contributed by atoms with van der Waals surface area (Å²) in [7, 11) is 1.62. The van der Waals surface area contributed by atoms with Crippen molar-refractivity contribution in [3.8, 4) is 5.75 Å². The second-order valence-corrected chi connectivity index (χ2v) is 9.14. The van der Waals surface area contributed by atoms with Crippen LogP contribution in [0, 0.1) is 17.8 Å². The Kier molecular flexibility index (Phi) is 7.75. The number of hydrogen-bond donors (Lipinski definition) is 1. The molecule has 2 amide bonds. The molecular weight excluding hydrogens is 378 g/mol. The van der Waals surface area contributed by atoms with Crippen LogP contribution < -0.4 is 10.1 Å². The molecule has 6 nitrogen and oxygen atoms in total. The van der Waals surface area contributed by atoms with Crippen LogP contribution >= 0.6 is 0 Å². The van der Waals surface area contributed by atoms with E-state index in [1.807, 2.05) is 31.2 Å². The molecule has 0 aromatic heterocycles. The second kappa shape index (κ2) is 10.3. The summed E-state index contributed by atoms with van der Waals surface area (Å²) in [5, 5.41) is 3.02. The van der Waals surface area contributed by atoms with Crippen LogP contribution in [0.4, 0.5) is 5.69 Å². The lowest BCUT2D eigenvalue weighted by Gasteiger charge is -2.40. The van der Waals surface area contributed by atoms with Gasteiger partial charge in [-0.2, -0.15) is 0 Å². The molecule has 2 heterocycles. The Hall–Kier alpha value is -2.08. The monoisotopic (exact) mass is 415 g/mol. The predicted molar refractivity (Wildman–Crippen MR) is 120 cm³/mol. The first-order valence-corrected chi connectivity index (χ1v) is 11.4. The van der Waals surface area contributed by atoms with Crippen molar-refractivity contribution in [3.63, 3.8) is 0 Å². The summed E-state index contributed by atoms with van der Waals surface area (Å²) in [6, 6.07) is 7.25. The van der Waals surface area contributed by atoms with Gasteiger partial charge in [0, 0.05) is 30.8 Å². The molecule has 2 aliphatic heterocycles. The van der Waals surface area contributed by atoms with E-state index in [1.165, 1.54) is 6.42 Å². The zero-order valence-electron chi connectivity index (χ0n) is 18.9. The molecule has 0 aliphatic carbocycles. The van der Waals surface area contributed by atoms with Gasteiger partial charge in [0.05, 0.1) is 13.2 Å². The highest BCUT2D eigenvalue weighted by Gasteiger charge is 2.35. The maximum atomic E-state index is 13.0. The number of likely N-dealkylation sites (tertiary alicyclic amines) is 2. The van der Waals surface area contributed by atoms with Crippen molar-refractivity contribution in [2.24, 2.45) is 17.8 Å². The average Bonchev–Trinajstić information content (AvgIpc) is 2.73. The number of ether oxygens (including phenoxy) is 1.